The number of esters is 3. The van der Waals surface area contributed by atoms with Gasteiger partial charge in [0.25, 0.3) is 0 Å². The van der Waals surface area contributed by atoms with Crippen molar-refractivity contribution in [2.45, 2.75) is 87.1 Å². The summed E-state index contributed by atoms with van der Waals surface area (Å²) in [5.41, 5.74) is 2.87. The minimum atomic E-state index is -0.991. The van der Waals surface area contributed by atoms with E-state index in [0.717, 1.165) is 30.7 Å². The van der Waals surface area contributed by atoms with E-state index >= 15 is 0 Å². The zero-order valence-corrected chi connectivity index (χ0v) is 24.6. The molecule has 216 valence electrons. The summed E-state index contributed by atoms with van der Waals surface area (Å²) in [7, 11) is 3.51. The monoisotopic (exact) mass is 571 g/mol. The lowest BCUT2D eigenvalue weighted by Crippen LogP contribution is -2.65. The number of carbonyl (C=O) groups excluding carboxylic acids is 3. The maximum absolute atomic E-state index is 12.8. The Bertz CT molecular complexity index is 1270. The van der Waals surface area contributed by atoms with Gasteiger partial charge in [-0.3, -0.25) is 9.59 Å². The van der Waals surface area contributed by atoms with E-state index in [4.69, 9.17) is 23.7 Å². The molecule has 3 aliphatic heterocycles. The Kier molecular flexibility index (Phi) is 6.94. The number of rotatable bonds is 5. The van der Waals surface area contributed by atoms with Gasteiger partial charge in [0.2, 0.25) is 0 Å². The zero-order valence-electron chi connectivity index (χ0n) is 23.7. The molecule has 0 N–H and O–H groups in total. The lowest BCUT2D eigenvalue weighted by atomic mass is 9.53. The molecule has 3 heterocycles. The second kappa shape index (κ2) is 10.1. The van der Waals surface area contributed by atoms with Crippen LogP contribution in [0, 0.1) is 18.8 Å². The third kappa shape index (κ3) is 4.09. The number of ether oxygens (including phenoxy) is 5. The molecule has 9 nitrogen and oxygen atoms in total. The van der Waals surface area contributed by atoms with Crippen LogP contribution < -0.4 is 4.74 Å². The second-order valence-electron chi connectivity index (χ2n) is 11.8. The number of aryl methyl sites for hydroxylation is 1. The molecule has 2 bridgehead atoms. The number of thioether (sulfide) groups is 1. The Morgan fingerprint density at radius 1 is 1.10 bits per heavy atom. The molecule has 40 heavy (non-hydrogen) atoms. The molecule has 0 radical (unpaired) electrons. The van der Waals surface area contributed by atoms with Crippen LogP contribution in [0.5, 0.6) is 5.75 Å². The van der Waals surface area contributed by atoms with Gasteiger partial charge in [0.1, 0.15) is 23.4 Å². The molecular weight excluding hydrogens is 534 g/mol. The number of carbonyl (C=O) groups is 3. The molecule has 0 amide bonds. The van der Waals surface area contributed by atoms with Gasteiger partial charge < -0.3 is 28.6 Å². The summed E-state index contributed by atoms with van der Waals surface area (Å²) in [5.74, 6) is -0.897. The first-order valence-corrected chi connectivity index (χ1v) is 14.9. The Labute approximate surface area is 238 Å². The fourth-order valence-corrected chi connectivity index (χ4v) is 9.27. The fraction of sp³-hybridized carbons (Fsp3) is 0.633. The molecule has 0 saturated carbocycles. The number of piperidine rings is 1. The first kappa shape index (κ1) is 27.6. The molecule has 1 aromatic carbocycles. The van der Waals surface area contributed by atoms with E-state index < -0.39 is 47.6 Å². The molecule has 10 heteroatoms. The van der Waals surface area contributed by atoms with E-state index in [9.17, 15) is 14.4 Å². The highest BCUT2D eigenvalue weighted by Crippen LogP contribution is 2.62. The standard InChI is InChI=1S/C30H37NO8S/c1-14-7-8-18-13-20-19-9-10-21(27-30(19,11-12-31(20)5)22(18)23(14)38-27)40-29-26(37-17(4)33)24(36-16(3)32)15(2)25(39-29)28(34)35-6/h7-10,15,19-21,24-27,29H,11-13H2,1-6H3/t15-,19?,20+,21+,24-,25-,26+,27?,29?,30-/m0/s1. The maximum atomic E-state index is 12.8. The molecule has 0 aromatic heterocycles. The quantitative estimate of drug-likeness (QED) is 0.298. The van der Waals surface area contributed by atoms with E-state index in [1.165, 1.54) is 43.8 Å². The summed E-state index contributed by atoms with van der Waals surface area (Å²) in [4.78, 5) is 39.5. The Morgan fingerprint density at radius 3 is 2.52 bits per heavy atom. The minimum absolute atomic E-state index is 0.161. The van der Waals surface area contributed by atoms with Crippen molar-refractivity contribution in [3.05, 3.63) is 41.0 Å². The van der Waals surface area contributed by atoms with Crippen LogP contribution in [0.3, 0.4) is 0 Å². The van der Waals surface area contributed by atoms with E-state index in [0.29, 0.717) is 12.0 Å². The van der Waals surface area contributed by atoms with Crippen molar-refractivity contribution in [1.82, 2.24) is 4.90 Å². The van der Waals surface area contributed by atoms with Crippen LogP contribution in [0.15, 0.2) is 24.3 Å². The van der Waals surface area contributed by atoms with Gasteiger partial charge in [-0.15, -0.1) is 11.8 Å². The molecule has 1 aromatic rings. The molecule has 2 fully saturated rings. The number of hydrogen-bond acceptors (Lipinski definition) is 10. The summed E-state index contributed by atoms with van der Waals surface area (Å²) in [6.45, 7) is 7.43. The van der Waals surface area contributed by atoms with Crippen molar-refractivity contribution in [1.29, 1.82) is 0 Å². The predicted octanol–water partition coefficient (Wildman–Crippen LogP) is 2.94. The minimum Gasteiger partial charge on any atom is -0.487 e. The molecule has 2 saturated heterocycles. The molecule has 2 aliphatic carbocycles. The first-order chi connectivity index (χ1) is 19.1. The summed E-state index contributed by atoms with van der Waals surface area (Å²) >= 11 is 1.46. The second-order valence-corrected chi connectivity index (χ2v) is 13.1. The molecule has 3 unspecified atom stereocenters. The van der Waals surface area contributed by atoms with Crippen molar-refractivity contribution in [3.8, 4) is 5.75 Å². The van der Waals surface area contributed by atoms with E-state index in [1.54, 1.807) is 6.92 Å². The average Bonchev–Trinajstić information content (AvgIpc) is 3.26. The van der Waals surface area contributed by atoms with Gasteiger partial charge in [0.05, 0.1) is 12.4 Å². The predicted molar refractivity (Wildman–Crippen MR) is 147 cm³/mol. The third-order valence-corrected chi connectivity index (χ3v) is 10.9. The van der Waals surface area contributed by atoms with Crippen molar-refractivity contribution in [2.75, 3.05) is 20.7 Å². The highest BCUT2D eigenvalue weighted by molar-refractivity contribution is 8.00. The number of likely N-dealkylation sites (N-methyl/N-ethyl adjacent to an activating group) is 1. The van der Waals surface area contributed by atoms with Gasteiger partial charge in [-0.05, 0) is 44.5 Å². The average molecular weight is 572 g/mol. The summed E-state index contributed by atoms with van der Waals surface area (Å²) in [6.07, 6.45) is 3.54. The molecule has 5 aliphatic rings. The smallest absolute Gasteiger partial charge is 0.335 e. The van der Waals surface area contributed by atoms with Crippen molar-refractivity contribution in [2.24, 2.45) is 11.8 Å². The van der Waals surface area contributed by atoms with Gasteiger partial charge in [0.15, 0.2) is 12.2 Å². The number of benzene rings is 1. The Morgan fingerprint density at radius 2 is 1.82 bits per heavy atom. The summed E-state index contributed by atoms with van der Waals surface area (Å²) in [5, 5.41) is -0.161. The highest BCUT2D eigenvalue weighted by Gasteiger charge is 2.64. The van der Waals surface area contributed by atoms with E-state index in [1.807, 2.05) is 0 Å². The van der Waals surface area contributed by atoms with Crippen LogP contribution in [0.4, 0.5) is 0 Å². The van der Waals surface area contributed by atoms with Crippen LogP contribution in [-0.2, 0) is 45.2 Å². The number of hydrogen-bond donors (Lipinski definition) is 0. The number of nitrogens with zero attached hydrogens (tertiary/aromatic N) is 1. The Hall–Kier alpha value is -2.56. The topological polar surface area (TPSA) is 101 Å². The van der Waals surface area contributed by atoms with Crippen LogP contribution >= 0.6 is 11.8 Å². The third-order valence-electron chi connectivity index (χ3n) is 9.55. The van der Waals surface area contributed by atoms with Gasteiger partial charge in [-0.25, -0.2) is 4.79 Å². The van der Waals surface area contributed by atoms with Crippen LogP contribution in [-0.4, -0.2) is 84.7 Å². The van der Waals surface area contributed by atoms with Gasteiger partial charge in [0, 0.05) is 42.7 Å². The molecule has 1 spiro atoms. The number of likely N-dealkylation sites (tertiary alicyclic amines) is 1. The van der Waals surface area contributed by atoms with Crippen molar-refractivity contribution in [3.63, 3.8) is 0 Å². The van der Waals surface area contributed by atoms with Crippen molar-refractivity contribution < 1.29 is 38.1 Å². The molecule has 6 rings (SSSR count). The van der Waals surface area contributed by atoms with Gasteiger partial charge in [-0.1, -0.05) is 31.2 Å². The maximum Gasteiger partial charge on any atom is 0.335 e. The van der Waals surface area contributed by atoms with Gasteiger partial charge >= 0.3 is 17.9 Å². The summed E-state index contributed by atoms with van der Waals surface area (Å²) < 4.78 is 29.7. The highest BCUT2D eigenvalue weighted by atomic mass is 32.2. The first-order valence-electron chi connectivity index (χ1n) is 14.0. The summed E-state index contributed by atoms with van der Waals surface area (Å²) in [6, 6.07) is 4.80. The van der Waals surface area contributed by atoms with E-state index in [-0.39, 0.29) is 16.8 Å². The van der Waals surface area contributed by atoms with Gasteiger partial charge in [-0.2, -0.15) is 0 Å². The lowest BCUT2D eigenvalue weighted by molar-refractivity contribution is -0.213. The zero-order chi connectivity index (χ0) is 28.5. The fourth-order valence-electron chi connectivity index (χ4n) is 7.79. The van der Waals surface area contributed by atoms with E-state index in [2.05, 4.69) is 43.2 Å². The van der Waals surface area contributed by atoms with Crippen molar-refractivity contribution >= 4 is 29.7 Å². The van der Waals surface area contributed by atoms with Crippen LogP contribution in [0.2, 0.25) is 0 Å². The molecular formula is C30H37NO8S. The largest absolute Gasteiger partial charge is 0.487 e. The molecule has 10 atom stereocenters. The number of methoxy groups -OCH3 is 1. The van der Waals surface area contributed by atoms with Crippen LogP contribution in [0.1, 0.15) is 43.9 Å². The SMILES string of the molecule is COC(=O)[C@H]1OC(S[C@@H]2C=CC3[C@H]4Cc5ccc(C)c6c5[C@@]3(CCN4C)C2O6)[C@H](OC(C)=O)[C@@H](OC(C)=O)[C@@H]1C. The lowest BCUT2D eigenvalue weighted by Gasteiger charge is -2.57. The normalized spacial score (nSPS) is 39.1. The Balaban J connectivity index is 1.39. The van der Waals surface area contributed by atoms with Crippen LogP contribution in [0.25, 0.3) is 0 Å².